The summed E-state index contributed by atoms with van der Waals surface area (Å²) in [6.45, 7) is 0. The maximum atomic E-state index is 9.79. The molecule has 41 valence electrons. The SMILES string of the molecule is O=[N+]([O-])c1cs[c]n1. The number of rotatable bonds is 1. The second kappa shape index (κ2) is 1.87. The van der Waals surface area contributed by atoms with Gasteiger partial charge in [-0.3, -0.25) is 0 Å². The molecule has 1 aromatic heterocycles. The minimum absolute atomic E-state index is 0.130. The second-order valence-electron chi connectivity index (χ2n) is 1.05. The van der Waals surface area contributed by atoms with Crippen molar-refractivity contribution in [1.29, 1.82) is 0 Å². The fourth-order valence-electron chi connectivity index (χ4n) is 0.262. The predicted octanol–water partition coefficient (Wildman–Crippen LogP) is 0.851. The standard InChI is InChI=1S/C3HN2O2S/c6-5(7)3-1-8-2-4-3/h1H. The Morgan fingerprint density at radius 1 is 2.00 bits per heavy atom. The Labute approximate surface area is 48.9 Å². The summed E-state index contributed by atoms with van der Waals surface area (Å²) >= 11 is 1.09. The van der Waals surface area contributed by atoms with Crippen molar-refractivity contribution < 1.29 is 4.92 Å². The van der Waals surface area contributed by atoms with Gasteiger partial charge in [0.25, 0.3) is 5.51 Å². The molecule has 1 rings (SSSR count). The number of aromatic nitrogens is 1. The highest BCUT2D eigenvalue weighted by atomic mass is 32.1. The molecule has 0 N–H and O–H groups in total. The van der Waals surface area contributed by atoms with E-state index in [-0.39, 0.29) is 5.82 Å². The third-order valence-corrected chi connectivity index (χ3v) is 1.09. The molecule has 0 atom stereocenters. The first kappa shape index (κ1) is 5.17. The minimum Gasteiger partial charge on any atom is -0.358 e. The van der Waals surface area contributed by atoms with Crippen LogP contribution in [0.1, 0.15) is 0 Å². The van der Waals surface area contributed by atoms with Gasteiger partial charge in [-0.2, -0.15) is 0 Å². The molecule has 0 aliphatic carbocycles. The summed E-state index contributed by atoms with van der Waals surface area (Å²) in [5.74, 6) is -0.130. The minimum atomic E-state index is -0.549. The first-order chi connectivity index (χ1) is 3.80. The quantitative estimate of drug-likeness (QED) is 0.417. The van der Waals surface area contributed by atoms with Crippen LogP contribution in [0, 0.1) is 15.6 Å². The summed E-state index contributed by atoms with van der Waals surface area (Å²) < 4.78 is 0. The molecule has 0 aliphatic heterocycles. The van der Waals surface area contributed by atoms with E-state index in [9.17, 15) is 10.1 Å². The molecule has 0 bridgehead atoms. The third-order valence-electron chi connectivity index (χ3n) is 0.564. The molecule has 0 saturated heterocycles. The topological polar surface area (TPSA) is 56.0 Å². The number of hydrogen-bond acceptors (Lipinski definition) is 4. The lowest BCUT2D eigenvalue weighted by Crippen LogP contribution is -1.85. The van der Waals surface area contributed by atoms with Gasteiger partial charge >= 0.3 is 5.82 Å². The van der Waals surface area contributed by atoms with E-state index >= 15 is 0 Å². The Hall–Kier alpha value is -0.970. The van der Waals surface area contributed by atoms with E-state index in [1.807, 2.05) is 0 Å². The molecule has 0 aliphatic rings. The molecule has 0 aromatic carbocycles. The van der Waals surface area contributed by atoms with Gasteiger partial charge in [0.2, 0.25) is 0 Å². The van der Waals surface area contributed by atoms with E-state index in [0.717, 1.165) is 11.3 Å². The molecule has 8 heavy (non-hydrogen) atoms. The van der Waals surface area contributed by atoms with Crippen molar-refractivity contribution in [3.05, 3.63) is 21.0 Å². The van der Waals surface area contributed by atoms with Gasteiger partial charge < -0.3 is 10.1 Å². The normalized spacial score (nSPS) is 9.00. The summed E-state index contributed by atoms with van der Waals surface area (Å²) in [5.41, 5.74) is 2.36. The Bertz CT molecular complexity index is 183. The lowest BCUT2D eigenvalue weighted by atomic mass is 10.8. The van der Waals surface area contributed by atoms with Crippen LogP contribution in [0.25, 0.3) is 0 Å². The molecular weight excluding hydrogens is 128 g/mol. The number of nitro groups is 1. The zero-order chi connectivity index (χ0) is 5.98. The highest BCUT2D eigenvalue weighted by Gasteiger charge is 2.04. The van der Waals surface area contributed by atoms with Gasteiger partial charge in [0.15, 0.2) is 0 Å². The molecule has 0 saturated carbocycles. The lowest BCUT2D eigenvalue weighted by Gasteiger charge is -1.80. The first-order valence-corrected chi connectivity index (χ1v) is 2.64. The van der Waals surface area contributed by atoms with Gasteiger partial charge in [0, 0.05) is 0 Å². The van der Waals surface area contributed by atoms with E-state index in [1.54, 1.807) is 0 Å². The molecular formula is C3HN2O2S. The smallest absolute Gasteiger partial charge is 0.358 e. The molecule has 5 heteroatoms. The Balaban J connectivity index is 2.93. The summed E-state index contributed by atoms with van der Waals surface area (Å²) in [5, 5.41) is 11.1. The van der Waals surface area contributed by atoms with Crippen molar-refractivity contribution in [2.75, 3.05) is 0 Å². The second-order valence-corrected chi connectivity index (χ2v) is 1.71. The lowest BCUT2D eigenvalue weighted by molar-refractivity contribution is -0.389. The molecule has 1 aromatic rings. The largest absolute Gasteiger partial charge is 0.375 e. The number of thiazole rings is 1. The van der Waals surface area contributed by atoms with Crippen molar-refractivity contribution >= 4 is 17.2 Å². The monoisotopic (exact) mass is 129 g/mol. The molecule has 0 unspecified atom stereocenters. The highest BCUT2D eigenvalue weighted by molar-refractivity contribution is 7.07. The van der Waals surface area contributed by atoms with Crippen LogP contribution >= 0.6 is 11.3 Å². The van der Waals surface area contributed by atoms with Crippen LogP contribution in [0.15, 0.2) is 5.38 Å². The maximum Gasteiger partial charge on any atom is 0.375 e. The van der Waals surface area contributed by atoms with E-state index in [0.29, 0.717) is 0 Å². The Morgan fingerprint density at radius 3 is 3.00 bits per heavy atom. The molecule has 0 amide bonds. The fourth-order valence-corrected chi connectivity index (χ4v) is 0.706. The predicted molar refractivity (Wildman–Crippen MR) is 27.6 cm³/mol. The summed E-state index contributed by atoms with van der Waals surface area (Å²) in [6, 6.07) is 0. The van der Waals surface area contributed by atoms with Crippen LogP contribution in [0.5, 0.6) is 0 Å². The summed E-state index contributed by atoms with van der Waals surface area (Å²) in [7, 11) is 0. The van der Waals surface area contributed by atoms with E-state index in [2.05, 4.69) is 10.5 Å². The average Bonchev–Trinajstić information content (AvgIpc) is 2.12. The highest BCUT2D eigenvalue weighted by Crippen LogP contribution is 2.07. The summed E-state index contributed by atoms with van der Waals surface area (Å²) in [4.78, 5) is 12.6. The Morgan fingerprint density at radius 2 is 2.75 bits per heavy atom. The number of nitrogens with zero attached hydrogens (tertiary/aromatic N) is 2. The molecule has 4 nitrogen and oxygen atoms in total. The third kappa shape index (κ3) is 0.812. The first-order valence-electron chi connectivity index (χ1n) is 1.76. The van der Waals surface area contributed by atoms with Gasteiger partial charge in [-0.05, 0) is 9.91 Å². The summed E-state index contributed by atoms with van der Waals surface area (Å²) in [6.07, 6.45) is 0. The maximum absolute atomic E-state index is 9.79. The zero-order valence-corrected chi connectivity index (χ0v) is 4.51. The van der Waals surface area contributed by atoms with Crippen LogP contribution < -0.4 is 0 Å². The van der Waals surface area contributed by atoms with Crippen molar-refractivity contribution in [2.24, 2.45) is 0 Å². The van der Waals surface area contributed by atoms with Gasteiger partial charge in [-0.25, -0.2) is 0 Å². The van der Waals surface area contributed by atoms with Gasteiger partial charge in [-0.1, -0.05) is 11.3 Å². The zero-order valence-electron chi connectivity index (χ0n) is 3.70. The Kier molecular flexibility index (Phi) is 1.21. The average molecular weight is 129 g/mol. The molecule has 0 fully saturated rings. The van der Waals surface area contributed by atoms with Crippen LogP contribution in [-0.2, 0) is 0 Å². The van der Waals surface area contributed by atoms with Gasteiger partial charge in [0.1, 0.15) is 0 Å². The van der Waals surface area contributed by atoms with Gasteiger partial charge in [0.05, 0.1) is 5.38 Å². The van der Waals surface area contributed by atoms with Crippen LogP contribution in [0.2, 0.25) is 0 Å². The van der Waals surface area contributed by atoms with Gasteiger partial charge in [-0.15, -0.1) is 0 Å². The fraction of sp³-hybridized carbons (Fsp3) is 0. The van der Waals surface area contributed by atoms with Crippen molar-refractivity contribution in [3.8, 4) is 0 Å². The molecule has 1 radical (unpaired) electrons. The van der Waals surface area contributed by atoms with E-state index in [1.165, 1.54) is 5.38 Å². The van der Waals surface area contributed by atoms with E-state index in [4.69, 9.17) is 0 Å². The molecule has 1 heterocycles. The van der Waals surface area contributed by atoms with Crippen LogP contribution in [0.4, 0.5) is 5.82 Å². The van der Waals surface area contributed by atoms with Crippen molar-refractivity contribution in [2.45, 2.75) is 0 Å². The van der Waals surface area contributed by atoms with E-state index < -0.39 is 4.92 Å². The molecule has 0 spiro atoms. The van der Waals surface area contributed by atoms with Crippen LogP contribution in [0.3, 0.4) is 0 Å². The van der Waals surface area contributed by atoms with Crippen molar-refractivity contribution in [1.82, 2.24) is 4.98 Å². The van der Waals surface area contributed by atoms with Crippen molar-refractivity contribution in [3.63, 3.8) is 0 Å². The van der Waals surface area contributed by atoms with Crippen LogP contribution in [-0.4, -0.2) is 9.91 Å². The number of hydrogen-bond donors (Lipinski definition) is 0.